The molecule has 0 bridgehead atoms. The Morgan fingerprint density at radius 3 is 2.20 bits per heavy atom. The first-order valence-corrected chi connectivity index (χ1v) is 17.7. The molecule has 1 spiro atoms. The van der Waals surface area contributed by atoms with E-state index in [-0.39, 0.29) is 29.1 Å². The Hall–Kier alpha value is -1.36. The number of aliphatic hydroxyl groups is 1. The molecule has 4 unspecified atom stereocenters. The van der Waals surface area contributed by atoms with E-state index in [1.807, 2.05) is 6.07 Å². The van der Waals surface area contributed by atoms with Crippen LogP contribution in [0.3, 0.4) is 0 Å². The van der Waals surface area contributed by atoms with Gasteiger partial charge in [-0.3, -0.25) is 4.21 Å². The van der Waals surface area contributed by atoms with Crippen molar-refractivity contribution in [2.24, 2.45) is 28.6 Å². The molecule has 0 aromatic heterocycles. The highest BCUT2D eigenvalue weighted by atomic mass is 32.2. The van der Waals surface area contributed by atoms with E-state index in [1.165, 1.54) is 11.1 Å². The summed E-state index contributed by atoms with van der Waals surface area (Å²) in [6.07, 6.45) is 6.20. The molecular formula is C33H45F7O3S. The Balaban J connectivity index is 1.07. The molecule has 3 fully saturated rings. The van der Waals surface area contributed by atoms with Crippen LogP contribution >= 0.6 is 0 Å². The van der Waals surface area contributed by atoms with E-state index in [0.717, 1.165) is 77.0 Å². The van der Waals surface area contributed by atoms with Gasteiger partial charge in [0.1, 0.15) is 5.75 Å². The van der Waals surface area contributed by atoms with E-state index in [2.05, 4.69) is 13.0 Å². The van der Waals surface area contributed by atoms with Crippen molar-refractivity contribution in [2.75, 3.05) is 11.5 Å². The second-order valence-corrected chi connectivity index (χ2v) is 15.9. The Morgan fingerprint density at radius 2 is 1.57 bits per heavy atom. The van der Waals surface area contributed by atoms with Crippen LogP contribution in [0.25, 0.3) is 0 Å². The molecule has 250 valence electrons. The zero-order valence-corrected chi connectivity index (χ0v) is 26.1. The van der Waals surface area contributed by atoms with Crippen molar-refractivity contribution >= 4 is 10.8 Å². The van der Waals surface area contributed by atoms with Gasteiger partial charge in [-0.1, -0.05) is 51.5 Å². The quantitative estimate of drug-likeness (QED) is 0.165. The first kappa shape index (κ1) is 34.0. The highest BCUT2D eigenvalue weighted by molar-refractivity contribution is 7.85. The molecule has 4 aliphatic rings. The molecular weight excluding hydrogens is 609 g/mol. The van der Waals surface area contributed by atoms with Crippen LogP contribution in [0, 0.1) is 28.6 Å². The third-order valence-corrected chi connectivity index (χ3v) is 13.3. The molecule has 0 radical (unpaired) electrons. The molecule has 11 heteroatoms. The van der Waals surface area contributed by atoms with Gasteiger partial charge in [0.15, 0.2) is 0 Å². The zero-order chi connectivity index (χ0) is 32.1. The number of aliphatic hydroxyl groups excluding tert-OH is 1. The molecule has 0 saturated heterocycles. The first-order valence-electron chi connectivity index (χ1n) is 16.2. The number of phenols is 1. The minimum atomic E-state index is -6.40. The number of benzene rings is 1. The lowest BCUT2D eigenvalue weighted by molar-refractivity contribution is -0.348. The molecule has 1 aromatic rings. The number of rotatable bonds is 13. The standard InChI is InChI=1S/C33H45F7O3S/c1-29-13-12-25-24-11-10-23(41)18-22(24)17-21(28(25)26(29)19-27(42)30(29)14-15-30)9-7-5-3-2-4-6-8-16-44(43)20-31(34,35)32(36,37)33(38,39)40/h10-11,18,21,25-28,41-42H,2-9,12-17,19-20H2,1H3/t21-,25?,26?,27-,28?,29+,44?/m1/s1. The molecule has 7 atom stereocenters. The maximum Gasteiger partial charge on any atom is 0.459 e. The molecule has 2 N–H and O–H groups in total. The summed E-state index contributed by atoms with van der Waals surface area (Å²) in [6.45, 7) is 2.43. The van der Waals surface area contributed by atoms with Crippen molar-refractivity contribution in [3.8, 4) is 5.75 Å². The Morgan fingerprint density at radius 1 is 0.932 bits per heavy atom. The summed E-state index contributed by atoms with van der Waals surface area (Å²) in [4.78, 5) is 0. The topological polar surface area (TPSA) is 57.5 Å². The third-order valence-electron chi connectivity index (χ3n) is 11.9. The average molecular weight is 655 g/mol. The van der Waals surface area contributed by atoms with Gasteiger partial charge in [-0.05, 0) is 104 Å². The van der Waals surface area contributed by atoms with Crippen molar-refractivity contribution in [2.45, 2.75) is 127 Å². The van der Waals surface area contributed by atoms with Gasteiger partial charge in [-0.2, -0.15) is 30.7 Å². The van der Waals surface area contributed by atoms with Gasteiger partial charge in [0, 0.05) is 22.0 Å². The highest BCUT2D eigenvalue weighted by Crippen LogP contribution is 2.76. The SMILES string of the molecule is C[C@]12CCC3c4ccc(O)cc4C[C@@H](CCCCCCCCCS(=O)CC(F)(F)C(F)(F)C(F)(F)F)C3C1C[C@@H](O)C21CC1. The minimum absolute atomic E-state index is 0.101. The van der Waals surface area contributed by atoms with Gasteiger partial charge >= 0.3 is 18.0 Å². The molecule has 0 amide bonds. The number of phenolic OH excluding ortho intramolecular Hbond substituents is 1. The Labute approximate surface area is 257 Å². The maximum atomic E-state index is 13.5. The molecule has 44 heavy (non-hydrogen) atoms. The molecule has 3 nitrogen and oxygen atoms in total. The van der Waals surface area contributed by atoms with Gasteiger partial charge in [-0.25, -0.2) is 0 Å². The summed E-state index contributed by atoms with van der Waals surface area (Å²) in [7, 11) is -2.47. The number of aromatic hydroxyl groups is 1. The van der Waals surface area contributed by atoms with Crippen LogP contribution in [-0.4, -0.2) is 50.1 Å². The largest absolute Gasteiger partial charge is 0.508 e. The number of alkyl halides is 7. The summed E-state index contributed by atoms with van der Waals surface area (Å²) in [5.74, 6) is -11.7. The predicted octanol–water partition coefficient (Wildman–Crippen LogP) is 8.93. The van der Waals surface area contributed by atoms with Gasteiger partial charge in [0.05, 0.1) is 11.9 Å². The van der Waals surface area contributed by atoms with E-state index < -0.39 is 34.6 Å². The lowest BCUT2D eigenvalue weighted by Crippen LogP contribution is -2.54. The molecule has 0 heterocycles. The first-order chi connectivity index (χ1) is 20.5. The molecule has 4 aliphatic carbocycles. The lowest BCUT2D eigenvalue weighted by atomic mass is 9.50. The highest BCUT2D eigenvalue weighted by Gasteiger charge is 2.73. The average Bonchev–Trinajstić information content (AvgIpc) is 3.71. The van der Waals surface area contributed by atoms with Crippen LogP contribution in [0.1, 0.15) is 107 Å². The maximum absolute atomic E-state index is 13.5. The summed E-state index contributed by atoms with van der Waals surface area (Å²) >= 11 is 0. The van der Waals surface area contributed by atoms with E-state index in [9.17, 15) is 45.2 Å². The number of hydrogen-bond acceptors (Lipinski definition) is 3. The van der Waals surface area contributed by atoms with E-state index >= 15 is 0 Å². The van der Waals surface area contributed by atoms with Gasteiger partial charge in [-0.15, -0.1) is 0 Å². The fourth-order valence-electron chi connectivity index (χ4n) is 9.45. The van der Waals surface area contributed by atoms with Crippen molar-refractivity contribution in [3.63, 3.8) is 0 Å². The normalized spacial score (nSPS) is 31.8. The van der Waals surface area contributed by atoms with Crippen LogP contribution in [-0.2, 0) is 17.2 Å². The van der Waals surface area contributed by atoms with Crippen molar-refractivity contribution in [1.82, 2.24) is 0 Å². The Bertz CT molecular complexity index is 1200. The summed E-state index contributed by atoms with van der Waals surface area (Å²) in [6, 6.07) is 5.84. The fraction of sp³-hybridized carbons (Fsp3) is 0.818. The lowest BCUT2D eigenvalue weighted by Gasteiger charge is -2.54. The van der Waals surface area contributed by atoms with E-state index in [1.54, 1.807) is 6.07 Å². The number of hydrogen-bond donors (Lipinski definition) is 2. The summed E-state index contributed by atoms with van der Waals surface area (Å²) < 4.78 is 102. The minimum Gasteiger partial charge on any atom is -0.508 e. The monoisotopic (exact) mass is 654 g/mol. The smallest absolute Gasteiger partial charge is 0.459 e. The van der Waals surface area contributed by atoms with Crippen molar-refractivity contribution < 1.29 is 45.2 Å². The van der Waals surface area contributed by atoms with Crippen LogP contribution in [0.4, 0.5) is 30.7 Å². The molecule has 1 aromatic carbocycles. The van der Waals surface area contributed by atoms with Crippen LogP contribution in [0.2, 0.25) is 0 Å². The van der Waals surface area contributed by atoms with Gasteiger partial charge in [0.2, 0.25) is 0 Å². The van der Waals surface area contributed by atoms with Crippen LogP contribution < -0.4 is 0 Å². The van der Waals surface area contributed by atoms with Gasteiger partial charge in [0.25, 0.3) is 0 Å². The molecule has 5 rings (SSSR count). The Kier molecular flexibility index (Phi) is 9.54. The van der Waals surface area contributed by atoms with Crippen molar-refractivity contribution in [3.05, 3.63) is 29.3 Å². The molecule has 0 aliphatic heterocycles. The molecule has 3 saturated carbocycles. The number of halogens is 7. The second-order valence-electron chi connectivity index (χ2n) is 14.3. The number of unbranched alkanes of at least 4 members (excludes halogenated alkanes) is 6. The van der Waals surface area contributed by atoms with Gasteiger partial charge < -0.3 is 10.2 Å². The second kappa shape index (κ2) is 12.3. The third kappa shape index (κ3) is 6.06. The zero-order valence-electron chi connectivity index (χ0n) is 25.3. The van der Waals surface area contributed by atoms with E-state index in [0.29, 0.717) is 35.8 Å². The van der Waals surface area contributed by atoms with Crippen LogP contribution in [0.15, 0.2) is 18.2 Å². The summed E-state index contributed by atoms with van der Waals surface area (Å²) in [5.41, 5.74) is 2.90. The summed E-state index contributed by atoms with van der Waals surface area (Å²) in [5, 5.41) is 21.3. The predicted molar refractivity (Wildman–Crippen MR) is 155 cm³/mol. The van der Waals surface area contributed by atoms with Crippen molar-refractivity contribution in [1.29, 1.82) is 0 Å². The van der Waals surface area contributed by atoms with E-state index in [4.69, 9.17) is 0 Å². The fourth-order valence-corrected chi connectivity index (χ4v) is 10.7. The number of fused-ring (bicyclic) bond motifs is 6. The van der Waals surface area contributed by atoms with Crippen LogP contribution in [0.5, 0.6) is 5.75 Å².